The smallest absolute Gasteiger partial charge is 0.140 e. The molecule has 1 aliphatic rings. The standard InChI is InChI=1S/C17H20IN3/c1-11-5-4-6-12(9-11)10-14-20-16(13-7-2-3-8-13)15(18)17(19)21-14/h4-6,9,13H,2-3,7-8,10H2,1H3,(H2,19,20,21). The van der Waals surface area contributed by atoms with E-state index in [1.165, 1.54) is 42.5 Å². The summed E-state index contributed by atoms with van der Waals surface area (Å²) in [5.41, 5.74) is 9.79. The fourth-order valence-corrected chi connectivity index (χ4v) is 3.77. The first kappa shape index (κ1) is 14.8. The molecule has 1 heterocycles. The van der Waals surface area contributed by atoms with Gasteiger partial charge in [0.1, 0.15) is 11.6 Å². The lowest BCUT2D eigenvalue weighted by molar-refractivity contribution is 0.681. The minimum Gasteiger partial charge on any atom is -0.383 e. The van der Waals surface area contributed by atoms with Crippen LogP contribution in [0.3, 0.4) is 0 Å². The summed E-state index contributed by atoms with van der Waals surface area (Å²) in [5, 5.41) is 0. The number of anilines is 1. The van der Waals surface area contributed by atoms with Crippen molar-refractivity contribution in [1.82, 2.24) is 9.97 Å². The molecule has 0 atom stereocenters. The molecule has 1 aliphatic carbocycles. The van der Waals surface area contributed by atoms with E-state index in [0.29, 0.717) is 11.7 Å². The van der Waals surface area contributed by atoms with Crippen LogP contribution < -0.4 is 5.73 Å². The average molecular weight is 393 g/mol. The molecule has 1 fully saturated rings. The van der Waals surface area contributed by atoms with Crippen LogP contribution in [0.15, 0.2) is 24.3 Å². The van der Waals surface area contributed by atoms with Gasteiger partial charge in [-0.3, -0.25) is 0 Å². The molecule has 1 aromatic heterocycles. The summed E-state index contributed by atoms with van der Waals surface area (Å²) >= 11 is 2.30. The van der Waals surface area contributed by atoms with E-state index in [-0.39, 0.29) is 0 Å². The first-order chi connectivity index (χ1) is 10.1. The lowest BCUT2D eigenvalue weighted by atomic mass is 10.0. The van der Waals surface area contributed by atoms with Crippen LogP contribution in [0.25, 0.3) is 0 Å². The van der Waals surface area contributed by atoms with Crippen molar-refractivity contribution in [3.63, 3.8) is 0 Å². The number of nitrogens with zero attached hydrogens (tertiary/aromatic N) is 2. The van der Waals surface area contributed by atoms with Gasteiger partial charge in [-0.1, -0.05) is 42.7 Å². The third-order valence-corrected chi connectivity index (χ3v) is 5.24. The topological polar surface area (TPSA) is 51.8 Å². The zero-order chi connectivity index (χ0) is 14.8. The van der Waals surface area contributed by atoms with Gasteiger partial charge in [0.2, 0.25) is 0 Å². The summed E-state index contributed by atoms with van der Waals surface area (Å²) in [5.74, 6) is 2.05. The van der Waals surface area contributed by atoms with E-state index in [2.05, 4.69) is 58.8 Å². The highest BCUT2D eigenvalue weighted by Gasteiger charge is 2.23. The van der Waals surface area contributed by atoms with Crippen molar-refractivity contribution < 1.29 is 0 Å². The molecule has 0 radical (unpaired) electrons. The number of benzene rings is 1. The number of halogens is 1. The highest BCUT2D eigenvalue weighted by molar-refractivity contribution is 14.1. The predicted octanol–water partition coefficient (Wildman–Crippen LogP) is 4.22. The Kier molecular flexibility index (Phi) is 4.42. The molecule has 3 nitrogen and oxygen atoms in total. The molecule has 0 spiro atoms. The van der Waals surface area contributed by atoms with Crippen LogP contribution in [0.1, 0.15) is 54.2 Å². The van der Waals surface area contributed by atoms with E-state index < -0.39 is 0 Å². The monoisotopic (exact) mass is 393 g/mol. The Labute approximate surface area is 139 Å². The lowest BCUT2D eigenvalue weighted by Crippen LogP contribution is -2.10. The molecule has 0 amide bonds. The molecule has 2 N–H and O–H groups in total. The van der Waals surface area contributed by atoms with Gasteiger partial charge in [-0.25, -0.2) is 9.97 Å². The first-order valence-corrected chi connectivity index (χ1v) is 8.58. The minimum absolute atomic E-state index is 0.568. The normalized spacial score (nSPS) is 15.5. The van der Waals surface area contributed by atoms with Crippen LogP contribution in [-0.4, -0.2) is 9.97 Å². The van der Waals surface area contributed by atoms with Gasteiger partial charge in [0, 0.05) is 12.3 Å². The van der Waals surface area contributed by atoms with Crippen LogP contribution in [0.4, 0.5) is 5.82 Å². The molecule has 1 aromatic carbocycles. The molecule has 0 aliphatic heterocycles. The zero-order valence-corrected chi connectivity index (χ0v) is 14.4. The molecule has 0 bridgehead atoms. The molecule has 4 heteroatoms. The molecule has 0 saturated heterocycles. The molecule has 0 unspecified atom stereocenters. The van der Waals surface area contributed by atoms with Crippen LogP contribution in [-0.2, 0) is 6.42 Å². The maximum Gasteiger partial charge on any atom is 0.140 e. The van der Waals surface area contributed by atoms with Crippen molar-refractivity contribution in [3.05, 3.63) is 50.5 Å². The van der Waals surface area contributed by atoms with E-state index in [1.54, 1.807) is 0 Å². The number of hydrogen-bond acceptors (Lipinski definition) is 3. The molecule has 21 heavy (non-hydrogen) atoms. The molecule has 1 saturated carbocycles. The maximum atomic E-state index is 6.11. The second-order valence-electron chi connectivity index (χ2n) is 5.87. The summed E-state index contributed by atoms with van der Waals surface area (Å²) in [4.78, 5) is 9.33. The highest BCUT2D eigenvalue weighted by Crippen LogP contribution is 2.36. The molecular weight excluding hydrogens is 373 g/mol. The molecular formula is C17H20IN3. The van der Waals surface area contributed by atoms with Gasteiger partial charge in [0.05, 0.1) is 9.26 Å². The lowest BCUT2D eigenvalue weighted by Gasteiger charge is -2.14. The Balaban J connectivity index is 1.92. The van der Waals surface area contributed by atoms with Crippen molar-refractivity contribution in [2.24, 2.45) is 0 Å². The second kappa shape index (κ2) is 6.30. The summed E-state index contributed by atoms with van der Waals surface area (Å²) in [6.07, 6.45) is 5.82. The fourth-order valence-electron chi connectivity index (χ4n) is 3.09. The highest BCUT2D eigenvalue weighted by atomic mass is 127. The van der Waals surface area contributed by atoms with Crippen LogP contribution in [0.5, 0.6) is 0 Å². The van der Waals surface area contributed by atoms with E-state index in [1.807, 2.05) is 0 Å². The van der Waals surface area contributed by atoms with Gasteiger partial charge < -0.3 is 5.73 Å². The Bertz CT molecular complexity index is 648. The Hall–Kier alpha value is -1.17. The SMILES string of the molecule is Cc1cccc(Cc2nc(N)c(I)c(C3CCCC3)n2)c1. The quantitative estimate of drug-likeness (QED) is 0.795. The van der Waals surface area contributed by atoms with Gasteiger partial charge >= 0.3 is 0 Å². The van der Waals surface area contributed by atoms with Crippen molar-refractivity contribution in [1.29, 1.82) is 0 Å². The van der Waals surface area contributed by atoms with Crippen LogP contribution >= 0.6 is 22.6 Å². The maximum absolute atomic E-state index is 6.11. The summed E-state index contributed by atoms with van der Waals surface area (Å²) in [7, 11) is 0. The average Bonchev–Trinajstić information content (AvgIpc) is 2.96. The number of nitrogen functional groups attached to an aromatic ring is 1. The van der Waals surface area contributed by atoms with Crippen molar-refractivity contribution >= 4 is 28.4 Å². The number of aromatic nitrogens is 2. The molecule has 110 valence electrons. The number of aryl methyl sites for hydroxylation is 1. The van der Waals surface area contributed by atoms with Crippen LogP contribution in [0, 0.1) is 10.5 Å². The number of rotatable bonds is 3. The Morgan fingerprint density at radius 3 is 2.71 bits per heavy atom. The van der Waals surface area contributed by atoms with Gasteiger partial charge in [-0.15, -0.1) is 0 Å². The van der Waals surface area contributed by atoms with Gasteiger partial charge in [-0.05, 0) is 47.9 Å². The predicted molar refractivity (Wildman–Crippen MR) is 94.4 cm³/mol. The molecule has 2 aromatic rings. The minimum atomic E-state index is 0.568. The molecule has 3 rings (SSSR count). The van der Waals surface area contributed by atoms with Crippen LogP contribution in [0.2, 0.25) is 0 Å². The van der Waals surface area contributed by atoms with Crippen molar-refractivity contribution in [2.45, 2.75) is 44.9 Å². The zero-order valence-electron chi connectivity index (χ0n) is 12.3. The number of nitrogens with two attached hydrogens (primary N) is 1. The fraction of sp³-hybridized carbons (Fsp3) is 0.412. The van der Waals surface area contributed by atoms with Gasteiger partial charge in [0.25, 0.3) is 0 Å². The summed E-state index contributed by atoms with van der Waals surface area (Å²) < 4.78 is 1.05. The van der Waals surface area contributed by atoms with Gasteiger partial charge in [-0.2, -0.15) is 0 Å². The summed E-state index contributed by atoms with van der Waals surface area (Å²) in [6.45, 7) is 2.11. The van der Waals surface area contributed by atoms with Crippen molar-refractivity contribution in [2.75, 3.05) is 5.73 Å². The van der Waals surface area contributed by atoms with Crippen molar-refractivity contribution in [3.8, 4) is 0 Å². The Morgan fingerprint density at radius 2 is 2.00 bits per heavy atom. The van der Waals surface area contributed by atoms with E-state index in [9.17, 15) is 0 Å². The summed E-state index contributed by atoms with van der Waals surface area (Å²) in [6, 6.07) is 8.50. The number of hydrogen-bond donors (Lipinski definition) is 1. The van der Waals surface area contributed by atoms with E-state index in [4.69, 9.17) is 10.7 Å². The first-order valence-electron chi connectivity index (χ1n) is 7.51. The third kappa shape index (κ3) is 3.36. The van der Waals surface area contributed by atoms with E-state index >= 15 is 0 Å². The second-order valence-corrected chi connectivity index (χ2v) is 6.95. The largest absolute Gasteiger partial charge is 0.383 e. The Morgan fingerprint density at radius 1 is 1.24 bits per heavy atom. The third-order valence-electron chi connectivity index (χ3n) is 4.14. The van der Waals surface area contributed by atoms with E-state index in [0.717, 1.165) is 15.8 Å². The van der Waals surface area contributed by atoms with Gasteiger partial charge in [0.15, 0.2) is 0 Å².